The molecule has 3 aromatic rings. The topological polar surface area (TPSA) is 125 Å². The Hall–Kier alpha value is -3.94. The van der Waals surface area contributed by atoms with E-state index in [1.165, 1.54) is 19.2 Å². The summed E-state index contributed by atoms with van der Waals surface area (Å²) in [5.74, 6) is -0.392. The van der Waals surface area contributed by atoms with E-state index in [-0.39, 0.29) is 17.1 Å². The number of carboxylic acids is 1. The van der Waals surface area contributed by atoms with E-state index in [1.807, 2.05) is 6.07 Å². The second kappa shape index (κ2) is 9.25. The van der Waals surface area contributed by atoms with Gasteiger partial charge in [0.15, 0.2) is 11.5 Å². The molecule has 0 saturated carbocycles. The number of hydrogen-bond donors (Lipinski definition) is 3. The molecule has 1 aliphatic rings. The molecule has 160 valence electrons. The molecule has 0 radical (unpaired) electrons. The van der Waals surface area contributed by atoms with Gasteiger partial charge in [-0.15, -0.1) is 0 Å². The number of benzene rings is 2. The van der Waals surface area contributed by atoms with Crippen LogP contribution in [0.3, 0.4) is 0 Å². The Labute approximate surface area is 179 Å². The molecule has 0 atom stereocenters. The van der Waals surface area contributed by atoms with Crippen molar-refractivity contribution >= 4 is 34.4 Å². The van der Waals surface area contributed by atoms with E-state index in [0.717, 1.165) is 28.7 Å². The molecule has 2 aromatic carbocycles. The standard InChI is InChI=1S/C16H17N3O2.C7H6O3/c1-9(2)7-18-11-8-19-15-13-10(4-5-17-14(11)13)6-12(21-3)16(15)20;8-6-4-2-1-3-5(6)7(9)10/h4-6,8-9,20H,7H2,1-3H3;1-4,8H,(H,9,10). The van der Waals surface area contributed by atoms with Gasteiger partial charge in [0.2, 0.25) is 0 Å². The Kier molecular flexibility index (Phi) is 6.49. The number of aromatic carboxylic acids is 1. The zero-order valence-corrected chi connectivity index (χ0v) is 17.4. The van der Waals surface area contributed by atoms with E-state index >= 15 is 0 Å². The molecule has 4 rings (SSSR count). The van der Waals surface area contributed by atoms with Gasteiger partial charge in [-0.1, -0.05) is 26.0 Å². The molecule has 0 aliphatic carbocycles. The fraction of sp³-hybridized carbons (Fsp3) is 0.217. The lowest BCUT2D eigenvalue weighted by molar-refractivity contribution is 0.0693. The van der Waals surface area contributed by atoms with Gasteiger partial charge in [-0.2, -0.15) is 0 Å². The van der Waals surface area contributed by atoms with Crippen molar-refractivity contribution in [1.82, 2.24) is 4.98 Å². The highest BCUT2D eigenvalue weighted by Crippen LogP contribution is 2.44. The van der Waals surface area contributed by atoms with Gasteiger partial charge in [-0.3, -0.25) is 9.98 Å². The average molecular weight is 421 g/mol. The Morgan fingerprint density at radius 2 is 1.94 bits per heavy atom. The minimum absolute atomic E-state index is 0.0402. The van der Waals surface area contributed by atoms with Crippen LogP contribution in [0.25, 0.3) is 10.8 Å². The molecule has 1 aromatic heterocycles. The van der Waals surface area contributed by atoms with E-state index in [0.29, 0.717) is 17.4 Å². The summed E-state index contributed by atoms with van der Waals surface area (Å²) in [6.45, 7) is 4.95. The number of methoxy groups -OCH3 is 1. The average Bonchev–Trinajstić information content (AvgIpc) is 2.75. The lowest BCUT2D eigenvalue weighted by Gasteiger charge is -2.16. The van der Waals surface area contributed by atoms with E-state index in [2.05, 4.69) is 28.8 Å². The first-order valence-corrected chi connectivity index (χ1v) is 9.62. The fourth-order valence-corrected chi connectivity index (χ4v) is 3.00. The Bertz CT molecular complexity index is 1190. The van der Waals surface area contributed by atoms with Crippen LogP contribution < -0.4 is 4.74 Å². The molecule has 0 amide bonds. The van der Waals surface area contributed by atoms with Crippen molar-refractivity contribution in [3.05, 3.63) is 53.9 Å². The molecule has 0 unspecified atom stereocenters. The molecule has 0 spiro atoms. The Balaban J connectivity index is 0.000000229. The van der Waals surface area contributed by atoms with E-state index in [4.69, 9.17) is 14.9 Å². The maximum atomic E-state index is 10.3. The molecule has 8 nitrogen and oxygen atoms in total. The third kappa shape index (κ3) is 4.63. The van der Waals surface area contributed by atoms with Crippen LogP contribution in [0.15, 0.2) is 52.6 Å². The number of rotatable bonds is 4. The zero-order chi connectivity index (χ0) is 22.5. The van der Waals surface area contributed by atoms with Crippen LogP contribution in [0, 0.1) is 5.92 Å². The number of aromatic hydroxyl groups is 2. The van der Waals surface area contributed by atoms with Gasteiger partial charge in [0.25, 0.3) is 0 Å². The van der Waals surface area contributed by atoms with Crippen molar-refractivity contribution in [2.45, 2.75) is 13.8 Å². The highest BCUT2D eigenvalue weighted by atomic mass is 16.5. The number of aromatic nitrogens is 1. The molecule has 8 heteroatoms. The minimum Gasteiger partial charge on any atom is -0.507 e. The number of phenolic OH excluding ortho intramolecular Hbond substituents is 1. The minimum atomic E-state index is -1.11. The first-order chi connectivity index (χ1) is 14.8. The SMILES string of the molecule is COc1cc2ccnc3c2c(c1O)N=CC3=NCC(C)C.O=C(O)c1ccccc1O. The number of carboxylic acid groups (broad SMARTS) is 1. The van der Waals surface area contributed by atoms with Crippen LogP contribution in [0.1, 0.15) is 29.9 Å². The number of ether oxygens (including phenoxy) is 1. The van der Waals surface area contributed by atoms with E-state index in [9.17, 15) is 9.90 Å². The number of phenols is 2. The summed E-state index contributed by atoms with van der Waals surface area (Å²) in [5, 5.41) is 29.3. The summed E-state index contributed by atoms with van der Waals surface area (Å²) in [4.78, 5) is 23.6. The van der Waals surface area contributed by atoms with E-state index < -0.39 is 5.97 Å². The summed E-state index contributed by atoms with van der Waals surface area (Å²) in [6.07, 6.45) is 3.40. The number of aliphatic imine (C=N–C) groups is 2. The van der Waals surface area contributed by atoms with Crippen LogP contribution in [0.5, 0.6) is 17.2 Å². The van der Waals surface area contributed by atoms with Gasteiger partial charge in [-0.05, 0) is 35.6 Å². The highest BCUT2D eigenvalue weighted by molar-refractivity contribution is 6.43. The van der Waals surface area contributed by atoms with Crippen LogP contribution >= 0.6 is 0 Å². The van der Waals surface area contributed by atoms with Crippen molar-refractivity contribution in [3.8, 4) is 17.2 Å². The smallest absolute Gasteiger partial charge is 0.339 e. The molecular weight excluding hydrogens is 398 g/mol. The second-order valence-corrected chi connectivity index (χ2v) is 7.23. The van der Waals surface area contributed by atoms with Gasteiger partial charge in [0.05, 0.1) is 19.0 Å². The largest absolute Gasteiger partial charge is 0.507 e. The summed E-state index contributed by atoms with van der Waals surface area (Å²) in [5.41, 5.74) is 1.95. The fourth-order valence-electron chi connectivity index (χ4n) is 3.00. The summed E-state index contributed by atoms with van der Waals surface area (Å²) >= 11 is 0. The van der Waals surface area contributed by atoms with Crippen molar-refractivity contribution < 1.29 is 24.9 Å². The number of pyridine rings is 1. The summed E-state index contributed by atoms with van der Waals surface area (Å²) in [7, 11) is 1.53. The molecular formula is C23H23N3O5. The van der Waals surface area contributed by atoms with Crippen LogP contribution in [-0.2, 0) is 0 Å². The van der Waals surface area contributed by atoms with Gasteiger partial charge in [-0.25, -0.2) is 9.79 Å². The van der Waals surface area contributed by atoms with Crippen molar-refractivity contribution in [1.29, 1.82) is 0 Å². The molecule has 0 saturated heterocycles. The Morgan fingerprint density at radius 1 is 1.19 bits per heavy atom. The van der Waals surface area contributed by atoms with Crippen LogP contribution in [-0.4, -0.2) is 51.9 Å². The summed E-state index contributed by atoms with van der Waals surface area (Å²) in [6, 6.07) is 9.48. The number of carbonyl (C=O) groups is 1. The quantitative estimate of drug-likeness (QED) is 0.580. The Morgan fingerprint density at radius 3 is 2.55 bits per heavy atom. The maximum absolute atomic E-state index is 10.3. The zero-order valence-electron chi connectivity index (χ0n) is 17.4. The van der Waals surface area contributed by atoms with Crippen molar-refractivity contribution in [2.24, 2.45) is 15.9 Å². The van der Waals surface area contributed by atoms with E-state index in [1.54, 1.807) is 30.6 Å². The molecule has 1 aliphatic heterocycles. The number of para-hydroxylation sites is 1. The molecule has 0 fully saturated rings. The lowest BCUT2D eigenvalue weighted by atomic mass is 10.0. The van der Waals surface area contributed by atoms with Gasteiger partial charge in [0, 0.05) is 18.1 Å². The van der Waals surface area contributed by atoms with Gasteiger partial charge >= 0.3 is 5.97 Å². The van der Waals surface area contributed by atoms with Crippen LogP contribution in [0.4, 0.5) is 5.69 Å². The molecule has 3 N–H and O–H groups in total. The second-order valence-electron chi connectivity index (χ2n) is 7.23. The first kappa shape index (κ1) is 21.8. The lowest BCUT2D eigenvalue weighted by Crippen LogP contribution is -2.11. The first-order valence-electron chi connectivity index (χ1n) is 9.62. The summed E-state index contributed by atoms with van der Waals surface area (Å²) < 4.78 is 5.19. The number of nitrogens with zero attached hydrogens (tertiary/aromatic N) is 3. The predicted molar refractivity (Wildman–Crippen MR) is 119 cm³/mol. The van der Waals surface area contributed by atoms with Crippen molar-refractivity contribution in [2.75, 3.05) is 13.7 Å². The molecule has 31 heavy (non-hydrogen) atoms. The third-order valence-corrected chi connectivity index (χ3v) is 4.50. The highest BCUT2D eigenvalue weighted by Gasteiger charge is 2.21. The normalized spacial score (nSPS) is 13.2. The van der Waals surface area contributed by atoms with Gasteiger partial charge in [0.1, 0.15) is 22.7 Å². The van der Waals surface area contributed by atoms with Crippen LogP contribution in [0.2, 0.25) is 0 Å². The van der Waals surface area contributed by atoms with Crippen molar-refractivity contribution in [3.63, 3.8) is 0 Å². The third-order valence-electron chi connectivity index (χ3n) is 4.50. The monoisotopic (exact) mass is 421 g/mol. The molecule has 2 heterocycles. The van der Waals surface area contributed by atoms with Gasteiger partial charge < -0.3 is 20.1 Å². The number of hydrogen-bond acceptors (Lipinski definition) is 7. The molecule has 0 bridgehead atoms. The predicted octanol–water partition coefficient (Wildman–Crippen LogP) is 4.20. The maximum Gasteiger partial charge on any atom is 0.339 e.